The third-order valence-electron chi connectivity index (χ3n) is 3.23. The van der Waals surface area contributed by atoms with Gasteiger partial charge in [-0.15, -0.1) is 0 Å². The van der Waals surface area contributed by atoms with E-state index < -0.39 is 51.9 Å². The number of halogens is 7. The number of nitriles is 1. The largest absolute Gasteiger partial charge is 0.321 e. The molecule has 0 heterocycles. The highest BCUT2D eigenvalue weighted by atomic mass is 32.2. The normalized spacial score (nSPS) is 11.5. The summed E-state index contributed by atoms with van der Waals surface area (Å²) in [6.07, 6.45) is 0.215. The second kappa shape index (κ2) is 8.79. The smallest absolute Gasteiger partial charge is 0.288 e. The highest BCUT2D eigenvalue weighted by Crippen LogP contribution is 2.27. The molecule has 0 fully saturated rings. The molecule has 2 aromatic rings. The summed E-state index contributed by atoms with van der Waals surface area (Å²) >= 11 is 0.251. The van der Waals surface area contributed by atoms with Gasteiger partial charge in [0, 0.05) is 10.6 Å². The zero-order valence-electron chi connectivity index (χ0n) is 13.4. The molecule has 2 rings (SSSR count). The van der Waals surface area contributed by atoms with E-state index in [1.807, 2.05) is 0 Å². The van der Waals surface area contributed by atoms with Gasteiger partial charge in [0.2, 0.25) is 5.82 Å². The van der Waals surface area contributed by atoms with Crippen LogP contribution in [0.5, 0.6) is 0 Å². The second-order valence-corrected chi connectivity index (χ2v) is 6.07. The van der Waals surface area contributed by atoms with Gasteiger partial charge in [0.05, 0.1) is 5.56 Å². The lowest BCUT2D eigenvalue weighted by Gasteiger charge is -2.07. The van der Waals surface area contributed by atoms with Crippen molar-refractivity contribution in [3.05, 3.63) is 64.5 Å². The summed E-state index contributed by atoms with van der Waals surface area (Å²) in [6, 6.07) is 6.21. The van der Waals surface area contributed by atoms with E-state index in [0.717, 1.165) is 0 Å². The van der Waals surface area contributed by atoms with Crippen molar-refractivity contribution >= 4 is 29.4 Å². The number of anilines is 1. The van der Waals surface area contributed by atoms with Crippen LogP contribution in [0.15, 0.2) is 34.7 Å². The summed E-state index contributed by atoms with van der Waals surface area (Å²) in [4.78, 5) is 12.2. The molecule has 2 aromatic carbocycles. The third-order valence-corrected chi connectivity index (χ3v) is 3.96. The van der Waals surface area contributed by atoms with Crippen LogP contribution in [-0.2, 0) is 4.79 Å². The van der Waals surface area contributed by atoms with E-state index in [1.165, 1.54) is 30.3 Å². The minimum absolute atomic E-state index is 0.0437. The molecular formula is C17H7F7N2OS. The van der Waals surface area contributed by atoms with E-state index in [2.05, 4.69) is 5.32 Å². The average Bonchev–Trinajstić information content (AvgIpc) is 2.66. The molecule has 0 saturated heterocycles. The fraction of sp³-hybridized carbons (Fsp3) is 0.0588. The van der Waals surface area contributed by atoms with Crippen LogP contribution >= 0.6 is 11.8 Å². The highest BCUT2D eigenvalue weighted by Gasteiger charge is 2.25. The Morgan fingerprint density at radius 2 is 1.46 bits per heavy atom. The lowest BCUT2D eigenvalue weighted by atomic mass is 10.1. The van der Waals surface area contributed by atoms with Crippen LogP contribution in [0.25, 0.3) is 6.08 Å². The summed E-state index contributed by atoms with van der Waals surface area (Å²) in [5.41, 5.74) is -2.36. The Bertz CT molecular complexity index is 955. The molecule has 1 amide bonds. The molecule has 0 saturated carbocycles. The Kier molecular flexibility index (Phi) is 6.69. The molecule has 28 heavy (non-hydrogen) atoms. The second-order valence-electron chi connectivity index (χ2n) is 5.01. The summed E-state index contributed by atoms with van der Waals surface area (Å²) < 4.78 is 91.3. The number of carbonyl (C=O) groups excluding carboxylic acids is 1. The molecule has 146 valence electrons. The van der Waals surface area contributed by atoms with Gasteiger partial charge < -0.3 is 5.32 Å². The first-order chi connectivity index (χ1) is 13.1. The number of nitrogens with one attached hydrogen (secondary N) is 1. The van der Waals surface area contributed by atoms with E-state index in [1.54, 1.807) is 0 Å². The van der Waals surface area contributed by atoms with E-state index in [9.17, 15) is 35.5 Å². The van der Waals surface area contributed by atoms with E-state index >= 15 is 0 Å². The Hall–Kier alpha value is -3.00. The van der Waals surface area contributed by atoms with Crippen molar-refractivity contribution in [3.8, 4) is 6.07 Å². The topological polar surface area (TPSA) is 52.9 Å². The Morgan fingerprint density at radius 3 is 1.93 bits per heavy atom. The Balaban J connectivity index is 2.31. The van der Waals surface area contributed by atoms with Crippen molar-refractivity contribution in [1.82, 2.24) is 0 Å². The molecule has 1 N–H and O–H groups in total. The molecule has 3 nitrogen and oxygen atoms in total. The van der Waals surface area contributed by atoms with Crippen LogP contribution in [0, 0.1) is 40.4 Å². The van der Waals surface area contributed by atoms with Gasteiger partial charge in [0.15, 0.2) is 23.3 Å². The lowest BCUT2D eigenvalue weighted by Crippen LogP contribution is -2.14. The molecule has 0 radical (unpaired) electrons. The van der Waals surface area contributed by atoms with Crippen LogP contribution in [0.1, 0.15) is 5.56 Å². The van der Waals surface area contributed by atoms with Gasteiger partial charge in [-0.2, -0.15) is 14.0 Å². The van der Waals surface area contributed by atoms with E-state index in [4.69, 9.17) is 5.26 Å². The molecule has 0 aliphatic carbocycles. The standard InChI is InChI=1S/C17H7F7N2OS/c18-11-10(12(19)14(21)15(22)13(11)20)5-7(6-25)16(27)26-8-1-3-9(4-2-8)28-17(23)24/h1-5,17H,(H,26,27). The predicted octanol–water partition coefficient (Wildman–Crippen LogP) is 5.24. The molecule has 0 atom stereocenters. The lowest BCUT2D eigenvalue weighted by molar-refractivity contribution is -0.112. The van der Waals surface area contributed by atoms with Crippen molar-refractivity contribution in [2.45, 2.75) is 10.7 Å². The van der Waals surface area contributed by atoms with Crippen molar-refractivity contribution < 1.29 is 35.5 Å². The van der Waals surface area contributed by atoms with Crippen molar-refractivity contribution in [1.29, 1.82) is 5.26 Å². The summed E-state index contributed by atoms with van der Waals surface area (Å²) in [5, 5.41) is 11.1. The maximum Gasteiger partial charge on any atom is 0.288 e. The molecule has 11 heteroatoms. The minimum atomic E-state index is -2.66. The number of hydrogen-bond donors (Lipinski definition) is 1. The summed E-state index contributed by atoms with van der Waals surface area (Å²) in [7, 11) is 0. The number of thioether (sulfide) groups is 1. The third kappa shape index (κ3) is 4.64. The van der Waals surface area contributed by atoms with Gasteiger partial charge in [-0.1, -0.05) is 11.8 Å². The number of rotatable bonds is 5. The van der Waals surface area contributed by atoms with Crippen molar-refractivity contribution in [2.24, 2.45) is 0 Å². The molecule has 0 aromatic heterocycles. The van der Waals surface area contributed by atoms with Crippen LogP contribution in [0.3, 0.4) is 0 Å². The number of alkyl halides is 2. The zero-order chi connectivity index (χ0) is 21.0. The Labute approximate surface area is 157 Å². The van der Waals surface area contributed by atoms with Crippen LogP contribution in [0.4, 0.5) is 36.4 Å². The van der Waals surface area contributed by atoms with Crippen LogP contribution in [-0.4, -0.2) is 11.7 Å². The molecule has 0 bridgehead atoms. The first kappa shape index (κ1) is 21.3. The first-order valence-corrected chi connectivity index (χ1v) is 8.03. The molecule has 0 unspecified atom stereocenters. The number of amides is 1. The van der Waals surface area contributed by atoms with E-state index in [0.29, 0.717) is 0 Å². The number of benzene rings is 2. The van der Waals surface area contributed by atoms with Gasteiger partial charge in [-0.05, 0) is 30.3 Å². The predicted molar refractivity (Wildman–Crippen MR) is 86.8 cm³/mol. The molecule has 0 spiro atoms. The fourth-order valence-electron chi connectivity index (χ4n) is 1.96. The van der Waals surface area contributed by atoms with Gasteiger partial charge in [0.1, 0.15) is 11.6 Å². The van der Waals surface area contributed by atoms with Gasteiger partial charge in [0.25, 0.3) is 11.7 Å². The number of carbonyl (C=O) groups is 1. The quantitative estimate of drug-likeness (QED) is 0.180. The molecular weight excluding hydrogens is 413 g/mol. The fourth-order valence-corrected chi connectivity index (χ4v) is 2.46. The summed E-state index contributed by atoms with van der Waals surface area (Å²) in [6.45, 7) is 0. The highest BCUT2D eigenvalue weighted by molar-refractivity contribution is 7.99. The SMILES string of the molecule is N#CC(=Cc1c(F)c(F)c(F)c(F)c1F)C(=O)Nc1ccc(SC(F)F)cc1. The monoisotopic (exact) mass is 420 g/mol. The van der Waals surface area contributed by atoms with Crippen LogP contribution in [0.2, 0.25) is 0 Å². The van der Waals surface area contributed by atoms with Crippen molar-refractivity contribution in [2.75, 3.05) is 5.32 Å². The van der Waals surface area contributed by atoms with E-state index in [-0.39, 0.29) is 28.4 Å². The summed E-state index contributed by atoms with van der Waals surface area (Å²) in [5.74, 6) is -15.1. The van der Waals surface area contributed by atoms with Gasteiger partial charge in [-0.3, -0.25) is 4.79 Å². The molecule has 0 aliphatic rings. The first-order valence-electron chi connectivity index (χ1n) is 7.15. The van der Waals surface area contributed by atoms with Crippen LogP contribution < -0.4 is 5.32 Å². The number of hydrogen-bond acceptors (Lipinski definition) is 3. The minimum Gasteiger partial charge on any atom is -0.321 e. The van der Waals surface area contributed by atoms with Gasteiger partial charge >= 0.3 is 0 Å². The van der Waals surface area contributed by atoms with Crippen molar-refractivity contribution in [3.63, 3.8) is 0 Å². The molecule has 0 aliphatic heterocycles. The average molecular weight is 420 g/mol. The van der Waals surface area contributed by atoms with Gasteiger partial charge in [-0.25, -0.2) is 22.0 Å². The maximum atomic E-state index is 13.7. The zero-order valence-corrected chi connectivity index (χ0v) is 14.2. The maximum absolute atomic E-state index is 13.7. The number of nitrogens with zero attached hydrogens (tertiary/aromatic N) is 1. The Morgan fingerprint density at radius 1 is 0.964 bits per heavy atom.